The van der Waals surface area contributed by atoms with Crippen LogP contribution in [-0.4, -0.2) is 70.5 Å². The number of aromatic amines is 1. The van der Waals surface area contributed by atoms with Crippen LogP contribution in [0.1, 0.15) is 23.0 Å². The zero-order chi connectivity index (χ0) is 26.6. The Morgan fingerprint density at radius 1 is 1.05 bits per heavy atom. The fourth-order valence-corrected chi connectivity index (χ4v) is 4.31. The van der Waals surface area contributed by atoms with Crippen molar-refractivity contribution in [3.8, 4) is 11.3 Å². The molecule has 1 aliphatic rings. The van der Waals surface area contributed by atoms with E-state index in [1.165, 1.54) is 13.0 Å². The molecule has 0 unspecified atom stereocenters. The van der Waals surface area contributed by atoms with Crippen LogP contribution in [0.2, 0.25) is 0 Å². The molecule has 1 saturated heterocycles. The van der Waals surface area contributed by atoms with E-state index in [1.54, 1.807) is 47.6 Å². The summed E-state index contributed by atoms with van der Waals surface area (Å²) in [5.41, 5.74) is 3.40. The molecule has 0 bridgehead atoms. The fraction of sp³-hybridized carbons (Fsp3) is 0.269. The first-order chi connectivity index (χ1) is 18.4. The van der Waals surface area contributed by atoms with Gasteiger partial charge in [-0.25, -0.2) is 9.37 Å². The molecule has 0 saturated carbocycles. The summed E-state index contributed by atoms with van der Waals surface area (Å²) >= 11 is 0. The van der Waals surface area contributed by atoms with Crippen molar-refractivity contribution in [1.29, 1.82) is 0 Å². The van der Waals surface area contributed by atoms with E-state index >= 15 is 0 Å². The number of benzene rings is 2. The van der Waals surface area contributed by atoms with Crippen LogP contribution in [0.4, 0.5) is 10.1 Å². The molecule has 38 heavy (non-hydrogen) atoms. The van der Waals surface area contributed by atoms with Crippen LogP contribution in [0.3, 0.4) is 0 Å². The standard InChI is InChI=1S/C26H26FN7O4/c1-16(35)28-13-19-12-22(32-38-19)17-3-5-24(20(27)10-17)33-6-8-34(9-7-33)25(36)14-29-26(37)18-2-4-21-23(11-18)31-15-30-21/h2-5,10-12,15H,6-9,13-14H2,1H3,(H,28,35)(H,29,37)(H,30,31). The molecule has 1 aliphatic heterocycles. The number of aromatic nitrogens is 3. The molecule has 3 heterocycles. The number of nitrogens with one attached hydrogen (secondary N) is 3. The number of anilines is 1. The smallest absolute Gasteiger partial charge is 0.251 e. The molecule has 3 amide bonds. The summed E-state index contributed by atoms with van der Waals surface area (Å²) < 4.78 is 20.2. The summed E-state index contributed by atoms with van der Waals surface area (Å²) in [6.07, 6.45) is 1.55. The van der Waals surface area contributed by atoms with Gasteiger partial charge in [-0.1, -0.05) is 11.2 Å². The number of amides is 3. The van der Waals surface area contributed by atoms with Crippen LogP contribution < -0.4 is 15.5 Å². The zero-order valence-electron chi connectivity index (χ0n) is 20.7. The van der Waals surface area contributed by atoms with E-state index in [9.17, 15) is 18.8 Å². The molecule has 0 radical (unpaired) electrons. The van der Waals surface area contributed by atoms with Gasteiger partial charge in [0.05, 0.1) is 36.1 Å². The Balaban J connectivity index is 1.13. The lowest BCUT2D eigenvalue weighted by Gasteiger charge is -2.36. The predicted molar refractivity (Wildman–Crippen MR) is 137 cm³/mol. The number of nitrogens with zero attached hydrogens (tertiary/aromatic N) is 4. The Morgan fingerprint density at radius 2 is 1.87 bits per heavy atom. The number of piperazine rings is 1. The van der Waals surface area contributed by atoms with Crippen molar-refractivity contribution in [1.82, 2.24) is 30.7 Å². The Morgan fingerprint density at radius 3 is 2.63 bits per heavy atom. The molecular formula is C26H26FN7O4. The first kappa shape index (κ1) is 24.9. The average molecular weight is 520 g/mol. The Hall–Kier alpha value is -4.74. The second-order valence-electron chi connectivity index (χ2n) is 8.94. The average Bonchev–Trinajstić information content (AvgIpc) is 3.60. The molecule has 12 heteroatoms. The van der Waals surface area contributed by atoms with Crippen LogP contribution in [0.5, 0.6) is 0 Å². The zero-order valence-corrected chi connectivity index (χ0v) is 20.7. The lowest BCUT2D eigenvalue weighted by molar-refractivity contribution is -0.130. The second kappa shape index (κ2) is 10.7. The molecule has 2 aromatic heterocycles. The van der Waals surface area contributed by atoms with Crippen molar-refractivity contribution < 1.29 is 23.3 Å². The van der Waals surface area contributed by atoms with Crippen LogP contribution in [-0.2, 0) is 16.1 Å². The van der Waals surface area contributed by atoms with E-state index in [0.29, 0.717) is 54.4 Å². The quantitative estimate of drug-likeness (QED) is 0.340. The highest BCUT2D eigenvalue weighted by Gasteiger charge is 2.24. The summed E-state index contributed by atoms with van der Waals surface area (Å²) in [5.74, 6) is -0.665. The number of carbonyl (C=O) groups is 3. The number of hydrogen-bond acceptors (Lipinski definition) is 7. The van der Waals surface area contributed by atoms with Crippen LogP contribution in [0.15, 0.2) is 53.3 Å². The van der Waals surface area contributed by atoms with Gasteiger partial charge in [-0.15, -0.1) is 0 Å². The minimum atomic E-state index is -0.407. The van der Waals surface area contributed by atoms with E-state index in [-0.39, 0.29) is 30.8 Å². The van der Waals surface area contributed by atoms with Gasteiger partial charge in [0.1, 0.15) is 11.5 Å². The Labute approximate surface area is 217 Å². The van der Waals surface area contributed by atoms with Gasteiger partial charge in [0.25, 0.3) is 5.91 Å². The highest BCUT2D eigenvalue weighted by atomic mass is 19.1. The molecule has 5 rings (SSSR count). The van der Waals surface area contributed by atoms with Crippen LogP contribution in [0, 0.1) is 5.82 Å². The summed E-state index contributed by atoms with van der Waals surface area (Å²) in [7, 11) is 0. The van der Waals surface area contributed by atoms with Gasteiger partial charge in [-0.2, -0.15) is 0 Å². The molecule has 1 fully saturated rings. The maximum absolute atomic E-state index is 15.0. The molecule has 11 nitrogen and oxygen atoms in total. The maximum atomic E-state index is 15.0. The lowest BCUT2D eigenvalue weighted by atomic mass is 10.1. The van der Waals surface area contributed by atoms with Crippen molar-refractivity contribution in [3.63, 3.8) is 0 Å². The molecule has 0 atom stereocenters. The number of hydrogen-bond donors (Lipinski definition) is 3. The van der Waals surface area contributed by atoms with Gasteiger partial charge in [-0.3, -0.25) is 14.4 Å². The lowest BCUT2D eigenvalue weighted by Crippen LogP contribution is -2.51. The topological polar surface area (TPSA) is 136 Å². The third kappa shape index (κ3) is 5.48. The molecular weight excluding hydrogens is 493 g/mol. The molecule has 0 spiro atoms. The fourth-order valence-electron chi connectivity index (χ4n) is 4.31. The number of halogens is 1. The largest absolute Gasteiger partial charge is 0.366 e. The molecule has 0 aliphatic carbocycles. The number of rotatable bonds is 7. The van der Waals surface area contributed by atoms with E-state index in [1.807, 2.05) is 4.90 Å². The summed E-state index contributed by atoms with van der Waals surface area (Å²) in [5, 5.41) is 9.24. The highest BCUT2D eigenvalue weighted by molar-refractivity contribution is 5.99. The molecule has 2 aromatic carbocycles. The van der Waals surface area contributed by atoms with Gasteiger partial charge < -0.3 is 29.9 Å². The molecule has 3 N–H and O–H groups in total. The highest BCUT2D eigenvalue weighted by Crippen LogP contribution is 2.27. The van der Waals surface area contributed by atoms with Gasteiger partial charge in [0.2, 0.25) is 11.8 Å². The van der Waals surface area contributed by atoms with Crippen LogP contribution in [0.25, 0.3) is 22.3 Å². The van der Waals surface area contributed by atoms with Crippen LogP contribution >= 0.6 is 0 Å². The van der Waals surface area contributed by atoms with Crippen molar-refractivity contribution >= 4 is 34.4 Å². The number of carbonyl (C=O) groups excluding carboxylic acids is 3. The first-order valence-corrected chi connectivity index (χ1v) is 12.1. The summed E-state index contributed by atoms with van der Waals surface area (Å²) in [6.45, 7) is 3.22. The van der Waals surface area contributed by atoms with Crippen molar-refractivity contribution in [2.45, 2.75) is 13.5 Å². The minimum Gasteiger partial charge on any atom is -0.366 e. The Bertz CT molecular complexity index is 1490. The van der Waals surface area contributed by atoms with E-state index < -0.39 is 5.82 Å². The Kier molecular flexibility index (Phi) is 7.03. The number of fused-ring (bicyclic) bond motifs is 1. The van der Waals surface area contributed by atoms with Gasteiger partial charge >= 0.3 is 0 Å². The molecule has 4 aromatic rings. The SMILES string of the molecule is CC(=O)NCc1cc(-c2ccc(N3CCN(C(=O)CNC(=O)c4ccc5nc[nH]c5c4)CC3)c(F)c2)no1. The van der Waals surface area contributed by atoms with Crippen molar-refractivity contribution in [2.75, 3.05) is 37.6 Å². The van der Waals surface area contributed by atoms with Crippen molar-refractivity contribution in [2.24, 2.45) is 0 Å². The molecule has 196 valence electrons. The minimum absolute atomic E-state index is 0.121. The summed E-state index contributed by atoms with van der Waals surface area (Å²) in [6, 6.07) is 11.6. The second-order valence-corrected chi connectivity index (χ2v) is 8.94. The first-order valence-electron chi connectivity index (χ1n) is 12.1. The number of H-pyrrole nitrogens is 1. The third-order valence-corrected chi connectivity index (χ3v) is 6.37. The van der Waals surface area contributed by atoms with E-state index in [4.69, 9.17) is 4.52 Å². The third-order valence-electron chi connectivity index (χ3n) is 6.37. The monoisotopic (exact) mass is 519 g/mol. The summed E-state index contributed by atoms with van der Waals surface area (Å²) in [4.78, 5) is 46.8. The van der Waals surface area contributed by atoms with E-state index in [0.717, 1.165) is 11.0 Å². The normalized spacial score (nSPS) is 13.5. The number of imidazole rings is 1. The van der Waals surface area contributed by atoms with E-state index in [2.05, 4.69) is 25.8 Å². The van der Waals surface area contributed by atoms with Gasteiger partial charge in [0.15, 0.2) is 5.76 Å². The maximum Gasteiger partial charge on any atom is 0.251 e. The van der Waals surface area contributed by atoms with Gasteiger partial charge in [-0.05, 0) is 30.3 Å². The predicted octanol–water partition coefficient (Wildman–Crippen LogP) is 2.07. The van der Waals surface area contributed by atoms with Crippen molar-refractivity contribution in [3.05, 3.63) is 65.9 Å². The van der Waals surface area contributed by atoms with Gasteiger partial charge in [0, 0.05) is 50.3 Å².